The van der Waals surface area contributed by atoms with Crippen molar-refractivity contribution in [1.29, 1.82) is 0 Å². The molecule has 6 nitrogen and oxygen atoms in total. The van der Waals surface area contributed by atoms with Crippen LogP contribution in [0.3, 0.4) is 0 Å². The van der Waals surface area contributed by atoms with Crippen LogP contribution in [0.4, 0.5) is 5.95 Å². The van der Waals surface area contributed by atoms with Crippen molar-refractivity contribution in [2.75, 3.05) is 5.73 Å². The molecule has 100 valence electrons. The lowest BCUT2D eigenvalue weighted by molar-refractivity contribution is 0.671. The Hall–Kier alpha value is -1.89. The molecular weight excluding hydrogens is 260 g/mol. The zero-order chi connectivity index (χ0) is 13.4. The van der Waals surface area contributed by atoms with E-state index in [1.165, 1.54) is 0 Å². The predicted octanol–water partition coefficient (Wildman–Crippen LogP) is 1.61. The van der Waals surface area contributed by atoms with Crippen molar-refractivity contribution in [2.24, 2.45) is 7.05 Å². The van der Waals surface area contributed by atoms with Crippen LogP contribution in [0.1, 0.15) is 18.3 Å². The van der Waals surface area contributed by atoms with Crippen LogP contribution in [0.15, 0.2) is 10.9 Å². The van der Waals surface area contributed by atoms with Crippen molar-refractivity contribution in [3.63, 3.8) is 0 Å². The monoisotopic (exact) mass is 276 g/mol. The summed E-state index contributed by atoms with van der Waals surface area (Å²) in [6, 6.07) is 0. The van der Waals surface area contributed by atoms with Gasteiger partial charge in [-0.15, -0.1) is 11.3 Å². The maximum atomic E-state index is 6.02. The summed E-state index contributed by atoms with van der Waals surface area (Å²) in [7, 11) is 1.93. The Kier molecular flexibility index (Phi) is 2.98. The van der Waals surface area contributed by atoms with Gasteiger partial charge < -0.3 is 5.73 Å². The van der Waals surface area contributed by atoms with Crippen molar-refractivity contribution >= 4 is 28.4 Å². The molecule has 3 aromatic rings. The minimum Gasteiger partial charge on any atom is -0.369 e. The molecule has 0 aliphatic rings. The van der Waals surface area contributed by atoms with Gasteiger partial charge in [-0.2, -0.15) is 5.10 Å². The second-order valence-corrected chi connectivity index (χ2v) is 5.17. The Morgan fingerprint density at radius 3 is 2.95 bits per heavy atom. The highest BCUT2D eigenvalue weighted by Gasteiger charge is 2.16. The molecule has 3 heterocycles. The maximum Gasteiger partial charge on any atom is 0.202 e. The molecule has 0 aliphatic carbocycles. The number of imidazole rings is 1. The van der Waals surface area contributed by atoms with E-state index in [1.807, 2.05) is 21.8 Å². The molecule has 0 unspecified atom stereocenters. The summed E-state index contributed by atoms with van der Waals surface area (Å²) < 4.78 is 3.87. The number of nitrogens with two attached hydrogens (primary N) is 1. The van der Waals surface area contributed by atoms with Crippen LogP contribution in [-0.2, 0) is 26.4 Å². The van der Waals surface area contributed by atoms with E-state index in [4.69, 9.17) is 5.73 Å². The molecule has 19 heavy (non-hydrogen) atoms. The summed E-state index contributed by atoms with van der Waals surface area (Å²) in [6.45, 7) is 2.85. The second-order valence-electron chi connectivity index (χ2n) is 4.45. The van der Waals surface area contributed by atoms with Gasteiger partial charge in [0.15, 0.2) is 5.65 Å². The van der Waals surface area contributed by atoms with Gasteiger partial charge in [0, 0.05) is 25.4 Å². The summed E-state index contributed by atoms with van der Waals surface area (Å²) in [5, 5.41) is 6.54. The molecule has 0 amide bonds. The average molecular weight is 276 g/mol. The zero-order valence-corrected chi connectivity index (χ0v) is 11.8. The molecule has 0 saturated heterocycles. The van der Waals surface area contributed by atoms with Crippen molar-refractivity contribution in [1.82, 2.24) is 24.3 Å². The molecule has 0 aliphatic heterocycles. The van der Waals surface area contributed by atoms with E-state index in [-0.39, 0.29) is 0 Å². The van der Waals surface area contributed by atoms with Gasteiger partial charge in [-0.3, -0.25) is 9.25 Å². The first-order valence-corrected chi connectivity index (χ1v) is 7.19. The van der Waals surface area contributed by atoms with Gasteiger partial charge in [-0.1, -0.05) is 6.92 Å². The van der Waals surface area contributed by atoms with Gasteiger partial charge >= 0.3 is 0 Å². The van der Waals surface area contributed by atoms with Gasteiger partial charge in [0.05, 0.1) is 16.9 Å². The molecule has 0 fully saturated rings. The zero-order valence-electron chi connectivity index (χ0n) is 11.0. The third-order valence-corrected chi connectivity index (χ3v) is 3.87. The number of fused-ring (bicyclic) bond motifs is 1. The Morgan fingerprint density at radius 2 is 2.26 bits per heavy atom. The minimum atomic E-state index is 0.549. The number of thiazole rings is 1. The number of hydrogen-bond donors (Lipinski definition) is 1. The molecule has 0 atom stereocenters. The van der Waals surface area contributed by atoms with Crippen LogP contribution in [0.5, 0.6) is 0 Å². The Morgan fingerprint density at radius 1 is 1.42 bits per heavy atom. The molecule has 0 radical (unpaired) electrons. The molecule has 0 bridgehead atoms. The van der Waals surface area contributed by atoms with Crippen LogP contribution in [0.2, 0.25) is 0 Å². The first kappa shape index (κ1) is 12.2. The number of anilines is 1. The van der Waals surface area contributed by atoms with Crippen LogP contribution in [0, 0.1) is 0 Å². The topological polar surface area (TPSA) is 74.6 Å². The van der Waals surface area contributed by atoms with Crippen molar-refractivity contribution in [3.8, 4) is 0 Å². The quantitative estimate of drug-likeness (QED) is 0.785. The molecule has 3 aromatic heterocycles. The standard InChI is InChI=1S/C12H16N6S/c1-3-9-10-11(17(2)16-9)18(12(13)15-10)5-4-8-6-19-7-14-8/h6-7H,3-5H2,1-2H3,(H2,13,15). The Labute approximate surface area is 114 Å². The number of aryl methyl sites for hydroxylation is 4. The van der Waals surface area contributed by atoms with Crippen molar-refractivity contribution < 1.29 is 0 Å². The smallest absolute Gasteiger partial charge is 0.202 e. The third kappa shape index (κ3) is 1.99. The van der Waals surface area contributed by atoms with Crippen LogP contribution < -0.4 is 5.73 Å². The average Bonchev–Trinajstić information content (AvgIpc) is 3.06. The first-order chi connectivity index (χ1) is 9.20. The summed E-state index contributed by atoms with van der Waals surface area (Å²) >= 11 is 1.61. The Balaban J connectivity index is 1.98. The molecule has 7 heteroatoms. The lowest BCUT2D eigenvalue weighted by Gasteiger charge is -2.05. The fraction of sp³-hybridized carbons (Fsp3) is 0.417. The Bertz CT molecular complexity index is 694. The summed E-state index contributed by atoms with van der Waals surface area (Å²) in [6.07, 6.45) is 1.71. The minimum absolute atomic E-state index is 0.549. The highest BCUT2D eigenvalue weighted by Crippen LogP contribution is 2.21. The van der Waals surface area contributed by atoms with E-state index in [2.05, 4.69) is 27.4 Å². The van der Waals surface area contributed by atoms with E-state index in [0.717, 1.165) is 41.9 Å². The van der Waals surface area contributed by atoms with E-state index in [1.54, 1.807) is 11.3 Å². The van der Waals surface area contributed by atoms with E-state index in [9.17, 15) is 0 Å². The molecule has 0 aromatic carbocycles. The normalized spacial score (nSPS) is 11.5. The SMILES string of the molecule is CCc1nn(C)c2c1nc(N)n2CCc1cscn1. The lowest BCUT2D eigenvalue weighted by atomic mass is 10.3. The summed E-state index contributed by atoms with van der Waals surface area (Å²) in [5.74, 6) is 0.549. The number of hydrogen-bond acceptors (Lipinski definition) is 5. The number of aromatic nitrogens is 5. The van der Waals surface area contributed by atoms with E-state index in [0.29, 0.717) is 5.95 Å². The number of nitrogen functional groups attached to an aromatic ring is 1. The third-order valence-electron chi connectivity index (χ3n) is 3.23. The van der Waals surface area contributed by atoms with Gasteiger partial charge in [0.2, 0.25) is 5.95 Å². The molecule has 3 rings (SSSR count). The largest absolute Gasteiger partial charge is 0.369 e. The number of nitrogens with zero attached hydrogens (tertiary/aromatic N) is 5. The highest BCUT2D eigenvalue weighted by molar-refractivity contribution is 7.07. The second kappa shape index (κ2) is 4.65. The first-order valence-electron chi connectivity index (χ1n) is 6.25. The van der Waals surface area contributed by atoms with Gasteiger partial charge in [-0.05, 0) is 6.42 Å². The van der Waals surface area contributed by atoms with E-state index >= 15 is 0 Å². The van der Waals surface area contributed by atoms with Crippen LogP contribution >= 0.6 is 11.3 Å². The lowest BCUT2D eigenvalue weighted by Crippen LogP contribution is -2.09. The van der Waals surface area contributed by atoms with Crippen molar-refractivity contribution in [2.45, 2.75) is 26.3 Å². The molecule has 2 N–H and O–H groups in total. The molecular formula is C12H16N6S. The van der Waals surface area contributed by atoms with Crippen LogP contribution in [0.25, 0.3) is 11.2 Å². The summed E-state index contributed by atoms with van der Waals surface area (Å²) in [5.41, 5.74) is 11.9. The predicted molar refractivity (Wildman–Crippen MR) is 76.1 cm³/mol. The summed E-state index contributed by atoms with van der Waals surface area (Å²) in [4.78, 5) is 8.74. The molecule has 0 spiro atoms. The highest BCUT2D eigenvalue weighted by atomic mass is 32.1. The van der Waals surface area contributed by atoms with E-state index < -0.39 is 0 Å². The van der Waals surface area contributed by atoms with Gasteiger partial charge in [0.1, 0.15) is 5.52 Å². The number of rotatable bonds is 4. The fourth-order valence-corrected chi connectivity index (χ4v) is 2.90. The maximum absolute atomic E-state index is 6.02. The fourth-order valence-electron chi connectivity index (χ4n) is 2.30. The van der Waals surface area contributed by atoms with Gasteiger partial charge in [0.25, 0.3) is 0 Å². The van der Waals surface area contributed by atoms with Crippen LogP contribution in [-0.4, -0.2) is 24.3 Å². The molecule has 0 saturated carbocycles. The van der Waals surface area contributed by atoms with Crippen molar-refractivity contribution in [3.05, 3.63) is 22.3 Å². The van der Waals surface area contributed by atoms with Gasteiger partial charge in [-0.25, -0.2) is 9.97 Å².